The van der Waals surface area contributed by atoms with Crippen LogP contribution in [0.15, 0.2) is 24.5 Å². The fourth-order valence-corrected chi connectivity index (χ4v) is 2.06. The van der Waals surface area contributed by atoms with Crippen LogP contribution in [-0.4, -0.2) is 23.6 Å². The van der Waals surface area contributed by atoms with Crippen molar-refractivity contribution in [1.82, 2.24) is 10.3 Å². The average molecular weight is 248 g/mol. The van der Waals surface area contributed by atoms with E-state index >= 15 is 0 Å². The molecule has 1 fully saturated rings. The molecule has 4 heteroatoms. The lowest BCUT2D eigenvalue weighted by Crippen LogP contribution is -2.33. The quantitative estimate of drug-likeness (QED) is 0.749. The molecular formula is C14H20N2O2. The maximum Gasteiger partial charge on any atom is 0.307 e. The van der Waals surface area contributed by atoms with Crippen LogP contribution in [0.2, 0.25) is 0 Å². The molecule has 1 heterocycles. The summed E-state index contributed by atoms with van der Waals surface area (Å²) in [4.78, 5) is 15.6. The molecule has 1 aliphatic carbocycles. The van der Waals surface area contributed by atoms with Crippen molar-refractivity contribution in [2.24, 2.45) is 5.92 Å². The number of esters is 1. The summed E-state index contributed by atoms with van der Waals surface area (Å²) < 4.78 is 5.01. The van der Waals surface area contributed by atoms with Crippen molar-refractivity contribution in [1.29, 1.82) is 0 Å². The number of ether oxygens (including phenoxy) is 1. The highest BCUT2D eigenvalue weighted by Crippen LogP contribution is 2.34. The summed E-state index contributed by atoms with van der Waals surface area (Å²) in [5.74, 6) is 0.527. The highest BCUT2D eigenvalue weighted by atomic mass is 16.5. The Hall–Kier alpha value is -1.42. The number of nitrogens with zero attached hydrogens (tertiary/aromatic N) is 1. The van der Waals surface area contributed by atoms with Gasteiger partial charge >= 0.3 is 5.97 Å². The van der Waals surface area contributed by atoms with E-state index in [1.54, 1.807) is 6.20 Å². The van der Waals surface area contributed by atoms with Gasteiger partial charge in [-0.3, -0.25) is 9.78 Å². The number of rotatable bonds is 7. The summed E-state index contributed by atoms with van der Waals surface area (Å²) >= 11 is 0. The van der Waals surface area contributed by atoms with Crippen LogP contribution in [0.1, 0.15) is 31.7 Å². The van der Waals surface area contributed by atoms with Gasteiger partial charge in [0.1, 0.15) is 0 Å². The van der Waals surface area contributed by atoms with Gasteiger partial charge in [-0.2, -0.15) is 0 Å². The predicted molar refractivity (Wildman–Crippen MR) is 68.8 cm³/mol. The van der Waals surface area contributed by atoms with Gasteiger partial charge in [0.25, 0.3) is 0 Å². The second kappa shape index (κ2) is 6.50. The van der Waals surface area contributed by atoms with Gasteiger partial charge in [-0.1, -0.05) is 6.07 Å². The van der Waals surface area contributed by atoms with E-state index < -0.39 is 0 Å². The van der Waals surface area contributed by atoms with Crippen LogP contribution in [-0.2, 0) is 16.1 Å². The van der Waals surface area contributed by atoms with E-state index in [1.165, 1.54) is 12.8 Å². The third-order valence-electron chi connectivity index (χ3n) is 3.17. The number of hydrogen-bond donors (Lipinski definition) is 1. The van der Waals surface area contributed by atoms with E-state index in [2.05, 4.69) is 10.3 Å². The Kier molecular flexibility index (Phi) is 4.70. The molecule has 0 aliphatic heterocycles. The minimum absolute atomic E-state index is 0.104. The number of carbonyl (C=O) groups excluding carboxylic acids is 1. The van der Waals surface area contributed by atoms with E-state index in [4.69, 9.17) is 4.74 Å². The van der Waals surface area contributed by atoms with Crippen LogP contribution >= 0.6 is 0 Å². The summed E-state index contributed by atoms with van der Waals surface area (Å²) in [6, 6.07) is 4.20. The second-order valence-electron chi connectivity index (χ2n) is 4.70. The molecule has 98 valence electrons. The predicted octanol–water partition coefficient (Wildman–Crippen LogP) is 1.90. The standard InChI is InChI=1S/C14H20N2O2/c1-2-18-14(17)8-13(12-5-6-12)16-10-11-4-3-7-15-9-11/h3-4,7,9,12-13,16H,2,5-6,8,10H2,1H3. The number of aromatic nitrogens is 1. The third-order valence-corrected chi connectivity index (χ3v) is 3.17. The Morgan fingerprint density at radius 3 is 3.06 bits per heavy atom. The summed E-state index contributed by atoms with van der Waals surface area (Å²) in [5, 5.41) is 3.45. The first-order valence-electron chi connectivity index (χ1n) is 6.57. The lowest BCUT2D eigenvalue weighted by molar-refractivity contribution is -0.143. The van der Waals surface area contributed by atoms with Crippen molar-refractivity contribution in [3.63, 3.8) is 0 Å². The van der Waals surface area contributed by atoms with Crippen LogP contribution in [0.5, 0.6) is 0 Å². The van der Waals surface area contributed by atoms with Crippen LogP contribution in [0, 0.1) is 5.92 Å². The molecule has 1 unspecified atom stereocenters. The summed E-state index contributed by atoms with van der Waals surface area (Å²) in [7, 11) is 0. The van der Waals surface area contributed by atoms with Gasteiger partial charge in [-0.15, -0.1) is 0 Å². The van der Waals surface area contributed by atoms with Crippen molar-refractivity contribution in [2.45, 2.75) is 38.8 Å². The summed E-state index contributed by atoms with van der Waals surface area (Å²) in [6.45, 7) is 3.06. The molecule has 0 bridgehead atoms. The molecule has 4 nitrogen and oxygen atoms in total. The van der Waals surface area contributed by atoms with E-state index in [0.717, 1.165) is 12.1 Å². The molecule has 0 radical (unpaired) electrons. The Morgan fingerprint density at radius 2 is 2.44 bits per heavy atom. The molecule has 1 atom stereocenters. The van der Waals surface area contributed by atoms with Gasteiger partial charge < -0.3 is 10.1 Å². The van der Waals surface area contributed by atoms with Crippen molar-refractivity contribution in [3.05, 3.63) is 30.1 Å². The van der Waals surface area contributed by atoms with Crippen LogP contribution in [0.25, 0.3) is 0 Å². The molecule has 2 rings (SSSR count). The maximum atomic E-state index is 11.5. The van der Waals surface area contributed by atoms with Crippen molar-refractivity contribution >= 4 is 5.97 Å². The zero-order valence-corrected chi connectivity index (χ0v) is 10.8. The largest absolute Gasteiger partial charge is 0.466 e. The Morgan fingerprint density at radius 1 is 1.61 bits per heavy atom. The van der Waals surface area contributed by atoms with Crippen molar-refractivity contribution < 1.29 is 9.53 Å². The molecule has 0 amide bonds. The fourth-order valence-electron chi connectivity index (χ4n) is 2.06. The minimum Gasteiger partial charge on any atom is -0.466 e. The summed E-state index contributed by atoms with van der Waals surface area (Å²) in [6.07, 6.45) is 6.51. The van der Waals surface area contributed by atoms with Crippen LogP contribution < -0.4 is 5.32 Å². The monoisotopic (exact) mass is 248 g/mol. The molecule has 0 spiro atoms. The molecule has 0 aromatic carbocycles. The van der Waals surface area contributed by atoms with Gasteiger partial charge in [-0.05, 0) is 37.3 Å². The highest BCUT2D eigenvalue weighted by molar-refractivity contribution is 5.70. The minimum atomic E-state index is -0.104. The maximum absolute atomic E-state index is 11.5. The Balaban J connectivity index is 1.81. The molecule has 18 heavy (non-hydrogen) atoms. The normalized spacial score (nSPS) is 16.3. The van der Waals surface area contributed by atoms with E-state index in [1.807, 2.05) is 25.3 Å². The fraction of sp³-hybridized carbons (Fsp3) is 0.571. The molecule has 1 aromatic heterocycles. The van der Waals surface area contributed by atoms with E-state index in [9.17, 15) is 4.79 Å². The topological polar surface area (TPSA) is 51.2 Å². The highest BCUT2D eigenvalue weighted by Gasteiger charge is 2.32. The lowest BCUT2D eigenvalue weighted by atomic mass is 10.1. The Labute approximate surface area is 108 Å². The zero-order valence-electron chi connectivity index (χ0n) is 10.8. The second-order valence-corrected chi connectivity index (χ2v) is 4.70. The third kappa shape index (κ3) is 4.11. The molecule has 1 aliphatic rings. The van der Waals surface area contributed by atoms with Crippen LogP contribution in [0.4, 0.5) is 0 Å². The lowest BCUT2D eigenvalue weighted by Gasteiger charge is -2.17. The van der Waals surface area contributed by atoms with Gasteiger partial charge in [-0.25, -0.2) is 0 Å². The average Bonchev–Trinajstić information content (AvgIpc) is 3.20. The molecule has 1 N–H and O–H groups in total. The molecule has 0 saturated heterocycles. The summed E-state index contributed by atoms with van der Waals surface area (Å²) in [5.41, 5.74) is 1.15. The van der Waals surface area contributed by atoms with Gasteiger partial charge in [0.05, 0.1) is 13.0 Å². The number of pyridine rings is 1. The van der Waals surface area contributed by atoms with E-state index in [-0.39, 0.29) is 12.0 Å². The van der Waals surface area contributed by atoms with Gasteiger partial charge in [0.15, 0.2) is 0 Å². The zero-order chi connectivity index (χ0) is 12.8. The number of hydrogen-bond acceptors (Lipinski definition) is 4. The smallest absolute Gasteiger partial charge is 0.307 e. The first kappa shape index (κ1) is 13.0. The SMILES string of the molecule is CCOC(=O)CC(NCc1cccnc1)C1CC1. The molecule has 1 saturated carbocycles. The number of carbonyl (C=O) groups is 1. The van der Waals surface area contributed by atoms with Gasteiger partial charge in [0, 0.05) is 25.0 Å². The van der Waals surface area contributed by atoms with Crippen molar-refractivity contribution in [3.8, 4) is 0 Å². The molecular weight excluding hydrogens is 228 g/mol. The number of nitrogens with one attached hydrogen (secondary N) is 1. The first-order valence-corrected chi connectivity index (χ1v) is 6.57. The van der Waals surface area contributed by atoms with Crippen LogP contribution in [0.3, 0.4) is 0 Å². The Bertz CT molecular complexity index is 377. The van der Waals surface area contributed by atoms with E-state index in [0.29, 0.717) is 18.9 Å². The van der Waals surface area contributed by atoms with Crippen molar-refractivity contribution in [2.75, 3.05) is 6.61 Å². The molecule has 1 aromatic rings. The first-order chi connectivity index (χ1) is 8.79. The van der Waals surface area contributed by atoms with Gasteiger partial charge in [0.2, 0.25) is 0 Å².